The van der Waals surface area contributed by atoms with Gasteiger partial charge in [0.2, 0.25) is 0 Å². The van der Waals surface area contributed by atoms with Gasteiger partial charge < -0.3 is 9.47 Å². The zero-order valence-corrected chi connectivity index (χ0v) is 7.80. The monoisotopic (exact) mass is 186 g/mol. The maximum Gasteiger partial charge on any atom is 0.120 e. The summed E-state index contributed by atoms with van der Waals surface area (Å²) in [6, 6.07) is 4.06. The minimum atomic E-state index is 0.619. The number of ether oxygens (including phenoxy) is 2. The van der Waals surface area contributed by atoms with E-state index in [1.807, 2.05) is 12.1 Å². The fourth-order valence-corrected chi connectivity index (χ4v) is 2.02. The van der Waals surface area contributed by atoms with Gasteiger partial charge in [-0.3, -0.25) is 0 Å². The lowest BCUT2D eigenvalue weighted by Crippen LogP contribution is -1.91. The van der Waals surface area contributed by atoms with Crippen LogP contribution in [0.4, 0.5) is 0 Å². The summed E-state index contributed by atoms with van der Waals surface area (Å²) in [5.41, 5.74) is 4.65. The average Bonchev–Trinajstić information content (AvgIpc) is 2.72. The van der Waals surface area contributed by atoms with Crippen molar-refractivity contribution in [2.75, 3.05) is 0 Å². The highest BCUT2D eigenvalue weighted by Gasteiger charge is 2.26. The fraction of sp³-hybridized carbons (Fsp3) is 0.167. The molecule has 0 saturated carbocycles. The average molecular weight is 186 g/mol. The Balaban J connectivity index is 2.28. The molecule has 2 aliphatic rings. The van der Waals surface area contributed by atoms with Crippen molar-refractivity contribution in [1.82, 2.24) is 0 Å². The maximum absolute atomic E-state index is 5.40. The second-order valence-corrected chi connectivity index (χ2v) is 3.54. The van der Waals surface area contributed by atoms with E-state index in [9.17, 15) is 0 Å². The second-order valence-electron chi connectivity index (χ2n) is 3.54. The molecule has 0 amide bonds. The van der Waals surface area contributed by atoms with E-state index < -0.39 is 0 Å². The molecule has 1 aromatic carbocycles. The Morgan fingerprint density at radius 2 is 1.29 bits per heavy atom. The van der Waals surface area contributed by atoms with Crippen molar-refractivity contribution in [3.8, 4) is 0 Å². The smallest absolute Gasteiger partial charge is 0.120 e. The van der Waals surface area contributed by atoms with Gasteiger partial charge in [0.05, 0.1) is 0 Å². The number of fused-ring (bicyclic) bond motifs is 3. The van der Waals surface area contributed by atoms with E-state index in [4.69, 9.17) is 9.47 Å². The first-order valence-corrected chi connectivity index (χ1v) is 4.56. The third-order valence-electron chi connectivity index (χ3n) is 2.81. The third-order valence-corrected chi connectivity index (χ3v) is 2.81. The van der Waals surface area contributed by atoms with Crippen LogP contribution in [-0.4, -0.2) is 0 Å². The molecule has 0 spiro atoms. The summed E-state index contributed by atoms with van der Waals surface area (Å²) in [5.74, 6) is 1.53. The van der Waals surface area contributed by atoms with Gasteiger partial charge >= 0.3 is 0 Å². The van der Waals surface area contributed by atoms with Crippen LogP contribution in [0.25, 0.3) is 11.5 Å². The van der Waals surface area contributed by atoms with Gasteiger partial charge in [0.1, 0.15) is 24.7 Å². The van der Waals surface area contributed by atoms with E-state index in [1.54, 1.807) is 0 Å². The minimum Gasteiger partial charge on any atom is -0.489 e. The number of rotatable bonds is 0. The van der Waals surface area contributed by atoms with Crippen LogP contribution in [0.15, 0.2) is 25.3 Å². The molecule has 0 saturated heterocycles. The molecule has 0 atom stereocenters. The Labute approximate surface area is 82.5 Å². The first kappa shape index (κ1) is 7.68. The molecule has 3 rings (SSSR count). The molecule has 0 bridgehead atoms. The van der Waals surface area contributed by atoms with Crippen LogP contribution in [-0.2, 0) is 22.7 Å². The van der Waals surface area contributed by atoms with Gasteiger partial charge in [-0.05, 0) is 0 Å². The van der Waals surface area contributed by atoms with E-state index in [1.165, 1.54) is 11.1 Å². The molecule has 0 unspecified atom stereocenters. The summed E-state index contributed by atoms with van der Waals surface area (Å²) in [6.45, 7) is 8.95. The van der Waals surface area contributed by atoms with E-state index >= 15 is 0 Å². The van der Waals surface area contributed by atoms with Crippen LogP contribution in [0.2, 0.25) is 0 Å². The molecule has 2 heterocycles. The lowest BCUT2D eigenvalue weighted by molar-refractivity contribution is 0.271. The SMILES string of the molecule is C=C1OCc2c1ccc1c2COC1=C. The van der Waals surface area contributed by atoms with E-state index in [0.717, 1.165) is 22.6 Å². The standard InChI is InChI=1S/C12H10O2/c1-7-9-3-4-10-8(2)14-6-12(10)11(9)5-13-7/h3-4H,1-2,5-6H2. The summed E-state index contributed by atoms with van der Waals surface area (Å²) in [4.78, 5) is 0. The Morgan fingerprint density at radius 1 is 0.857 bits per heavy atom. The lowest BCUT2D eigenvalue weighted by Gasteiger charge is -2.01. The van der Waals surface area contributed by atoms with Gasteiger partial charge in [-0.25, -0.2) is 0 Å². The van der Waals surface area contributed by atoms with Gasteiger partial charge in [0.15, 0.2) is 0 Å². The molecule has 2 aliphatic heterocycles. The predicted octanol–water partition coefficient (Wildman–Crippen LogP) is 2.69. The molecule has 0 N–H and O–H groups in total. The van der Waals surface area contributed by atoms with Crippen molar-refractivity contribution in [2.45, 2.75) is 13.2 Å². The fourth-order valence-electron chi connectivity index (χ4n) is 2.02. The predicted molar refractivity (Wildman–Crippen MR) is 54.1 cm³/mol. The molecule has 0 aromatic heterocycles. The molecule has 0 aliphatic carbocycles. The molecular weight excluding hydrogens is 176 g/mol. The summed E-state index contributed by atoms with van der Waals surface area (Å²) in [5, 5.41) is 0. The largest absolute Gasteiger partial charge is 0.489 e. The summed E-state index contributed by atoms with van der Waals surface area (Å²) in [7, 11) is 0. The van der Waals surface area contributed by atoms with Crippen LogP contribution in [0.3, 0.4) is 0 Å². The van der Waals surface area contributed by atoms with Crippen molar-refractivity contribution in [1.29, 1.82) is 0 Å². The quantitative estimate of drug-likeness (QED) is 0.620. The van der Waals surface area contributed by atoms with Crippen LogP contribution in [0, 0.1) is 0 Å². The number of benzene rings is 1. The molecule has 0 radical (unpaired) electrons. The Morgan fingerprint density at radius 3 is 1.71 bits per heavy atom. The molecule has 2 heteroatoms. The number of hydrogen-bond acceptors (Lipinski definition) is 2. The Hall–Kier alpha value is -1.70. The van der Waals surface area contributed by atoms with Gasteiger partial charge in [0.25, 0.3) is 0 Å². The van der Waals surface area contributed by atoms with E-state index in [0.29, 0.717) is 13.2 Å². The van der Waals surface area contributed by atoms with E-state index in [-0.39, 0.29) is 0 Å². The van der Waals surface area contributed by atoms with E-state index in [2.05, 4.69) is 13.2 Å². The third kappa shape index (κ3) is 0.803. The highest BCUT2D eigenvalue weighted by molar-refractivity contribution is 5.73. The Bertz CT molecular complexity index is 415. The molecule has 0 fully saturated rings. The summed E-state index contributed by atoms with van der Waals surface area (Å²) < 4.78 is 10.8. The summed E-state index contributed by atoms with van der Waals surface area (Å²) in [6.07, 6.45) is 0. The first-order valence-electron chi connectivity index (χ1n) is 4.56. The van der Waals surface area contributed by atoms with Gasteiger partial charge in [-0.2, -0.15) is 0 Å². The minimum absolute atomic E-state index is 0.619. The van der Waals surface area contributed by atoms with Gasteiger partial charge in [-0.1, -0.05) is 25.3 Å². The molecule has 1 aromatic rings. The van der Waals surface area contributed by atoms with Crippen LogP contribution >= 0.6 is 0 Å². The zero-order chi connectivity index (χ0) is 9.71. The van der Waals surface area contributed by atoms with Crippen molar-refractivity contribution in [3.63, 3.8) is 0 Å². The highest BCUT2D eigenvalue weighted by Crippen LogP contribution is 2.38. The topological polar surface area (TPSA) is 18.5 Å². The maximum atomic E-state index is 5.40. The molecule has 14 heavy (non-hydrogen) atoms. The summed E-state index contributed by atoms with van der Waals surface area (Å²) >= 11 is 0. The highest BCUT2D eigenvalue weighted by atomic mass is 16.5. The van der Waals surface area contributed by atoms with Crippen LogP contribution in [0.1, 0.15) is 22.3 Å². The molecular formula is C12H10O2. The first-order chi connectivity index (χ1) is 6.77. The van der Waals surface area contributed by atoms with Crippen molar-refractivity contribution < 1.29 is 9.47 Å². The van der Waals surface area contributed by atoms with Gasteiger partial charge in [0, 0.05) is 22.3 Å². The van der Waals surface area contributed by atoms with Crippen molar-refractivity contribution in [3.05, 3.63) is 47.5 Å². The van der Waals surface area contributed by atoms with Crippen LogP contribution in [0.5, 0.6) is 0 Å². The van der Waals surface area contributed by atoms with Crippen molar-refractivity contribution >= 4 is 11.5 Å². The number of hydrogen-bond donors (Lipinski definition) is 0. The second kappa shape index (κ2) is 2.41. The lowest BCUT2D eigenvalue weighted by atomic mass is 9.98. The molecule has 70 valence electrons. The van der Waals surface area contributed by atoms with Gasteiger partial charge in [-0.15, -0.1) is 0 Å². The molecule has 2 nitrogen and oxygen atoms in total. The normalized spacial score (nSPS) is 17.4. The van der Waals surface area contributed by atoms with Crippen molar-refractivity contribution in [2.24, 2.45) is 0 Å². The van der Waals surface area contributed by atoms with Crippen LogP contribution < -0.4 is 0 Å². The Kier molecular flexibility index (Phi) is 1.32. The zero-order valence-electron chi connectivity index (χ0n) is 7.80.